The Balaban J connectivity index is 1.32. The molecule has 0 bridgehead atoms. The van der Waals surface area contributed by atoms with Crippen LogP contribution < -0.4 is 10.6 Å². The molecule has 27 heavy (non-hydrogen) atoms. The zero-order chi connectivity index (χ0) is 19.4. The molecule has 3 aliphatic rings. The van der Waals surface area contributed by atoms with E-state index in [-0.39, 0.29) is 6.10 Å². The molecule has 158 valence electrons. The Morgan fingerprint density at radius 1 is 0.889 bits per heavy atom. The molecule has 2 saturated carbocycles. The van der Waals surface area contributed by atoms with Gasteiger partial charge in [-0.3, -0.25) is 0 Å². The van der Waals surface area contributed by atoms with Gasteiger partial charge < -0.3 is 20.6 Å². The molecule has 1 aliphatic heterocycles. The van der Waals surface area contributed by atoms with Crippen molar-refractivity contribution >= 4 is 0 Å². The predicted octanol–water partition coefficient (Wildman–Crippen LogP) is 3.54. The summed E-state index contributed by atoms with van der Waals surface area (Å²) in [6.45, 7) is 12.0. The largest absolute Gasteiger partial charge is 0.392 e. The second kappa shape index (κ2) is 10.0. The van der Waals surface area contributed by atoms with E-state index in [1.165, 1.54) is 58.0 Å². The van der Waals surface area contributed by atoms with E-state index in [0.717, 1.165) is 30.7 Å². The Morgan fingerprint density at radius 3 is 2.30 bits per heavy atom. The van der Waals surface area contributed by atoms with Crippen LogP contribution in [0.25, 0.3) is 0 Å². The topological polar surface area (TPSA) is 47.5 Å². The van der Waals surface area contributed by atoms with Gasteiger partial charge in [0.2, 0.25) is 0 Å². The van der Waals surface area contributed by atoms with Gasteiger partial charge in [0.25, 0.3) is 0 Å². The SMILES string of the molecule is CC(CC1CCN(C(C)C)C1)NC1CCC(CC(C)NC2CCCC2O)C1. The second-order valence-corrected chi connectivity index (χ2v) is 10.3. The van der Waals surface area contributed by atoms with Crippen LogP contribution in [0.3, 0.4) is 0 Å². The van der Waals surface area contributed by atoms with Gasteiger partial charge in [-0.1, -0.05) is 0 Å². The van der Waals surface area contributed by atoms with Gasteiger partial charge in [0, 0.05) is 36.8 Å². The zero-order valence-electron chi connectivity index (χ0n) is 18.3. The van der Waals surface area contributed by atoms with Gasteiger partial charge in [-0.05, 0) is 104 Å². The summed E-state index contributed by atoms with van der Waals surface area (Å²) in [5, 5.41) is 17.7. The number of nitrogens with one attached hydrogen (secondary N) is 2. The monoisotopic (exact) mass is 379 g/mol. The van der Waals surface area contributed by atoms with Crippen molar-refractivity contribution in [2.75, 3.05) is 13.1 Å². The highest BCUT2D eigenvalue weighted by Gasteiger charge is 2.31. The van der Waals surface area contributed by atoms with Crippen LogP contribution in [-0.4, -0.2) is 59.4 Å². The van der Waals surface area contributed by atoms with Gasteiger partial charge in [-0.2, -0.15) is 0 Å². The Bertz CT molecular complexity index is 443. The maximum absolute atomic E-state index is 10.0. The minimum Gasteiger partial charge on any atom is -0.392 e. The first-order valence-corrected chi connectivity index (χ1v) is 11.8. The Labute approximate surface area is 167 Å². The molecule has 3 N–H and O–H groups in total. The maximum Gasteiger partial charge on any atom is 0.0693 e. The molecular formula is C23H45N3O. The van der Waals surface area contributed by atoms with Crippen LogP contribution in [0, 0.1) is 11.8 Å². The highest BCUT2D eigenvalue weighted by atomic mass is 16.3. The third-order valence-electron chi connectivity index (χ3n) is 7.46. The number of hydrogen-bond donors (Lipinski definition) is 3. The molecule has 3 fully saturated rings. The highest BCUT2D eigenvalue weighted by molar-refractivity contribution is 4.89. The lowest BCUT2D eigenvalue weighted by molar-refractivity contribution is 0.141. The fraction of sp³-hybridized carbons (Fsp3) is 1.00. The maximum atomic E-state index is 10.0. The van der Waals surface area contributed by atoms with E-state index in [0.29, 0.717) is 24.2 Å². The molecule has 7 atom stereocenters. The zero-order valence-corrected chi connectivity index (χ0v) is 18.3. The average Bonchev–Trinajstić information content (AvgIpc) is 3.31. The van der Waals surface area contributed by atoms with Crippen LogP contribution in [0.5, 0.6) is 0 Å². The number of nitrogens with zero attached hydrogens (tertiary/aromatic N) is 1. The molecule has 3 rings (SSSR count). The summed E-state index contributed by atoms with van der Waals surface area (Å²) in [4.78, 5) is 2.64. The Kier molecular flexibility index (Phi) is 8.02. The van der Waals surface area contributed by atoms with Crippen LogP contribution in [0.15, 0.2) is 0 Å². The minimum atomic E-state index is -0.117. The van der Waals surface area contributed by atoms with Gasteiger partial charge in [0.1, 0.15) is 0 Å². The number of likely N-dealkylation sites (tertiary alicyclic amines) is 1. The van der Waals surface area contributed by atoms with Crippen molar-refractivity contribution in [3.63, 3.8) is 0 Å². The summed E-state index contributed by atoms with van der Waals surface area (Å²) in [5.41, 5.74) is 0. The summed E-state index contributed by atoms with van der Waals surface area (Å²) in [6, 6.07) is 2.94. The van der Waals surface area contributed by atoms with E-state index >= 15 is 0 Å². The number of hydrogen-bond acceptors (Lipinski definition) is 4. The molecule has 0 spiro atoms. The lowest BCUT2D eigenvalue weighted by Gasteiger charge is -2.25. The Hall–Kier alpha value is -0.160. The second-order valence-electron chi connectivity index (χ2n) is 10.3. The summed E-state index contributed by atoms with van der Waals surface area (Å²) < 4.78 is 0. The molecule has 7 unspecified atom stereocenters. The predicted molar refractivity (Wildman–Crippen MR) is 114 cm³/mol. The third-order valence-corrected chi connectivity index (χ3v) is 7.46. The number of aliphatic hydroxyl groups excluding tert-OH is 1. The van der Waals surface area contributed by atoms with E-state index in [1.807, 2.05) is 0 Å². The fourth-order valence-electron chi connectivity index (χ4n) is 6.00. The molecule has 2 aliphatic carbocycles. The smallest absolute Gasteiger partial charge is 0.0693 e. The standard InChI is InChI=1S/C23H45N3O/c1-16(2)26-11-10-20(15-26)13-17(3)24-21-9-8-19(14-21)12-18(4)25-22-6-5-7-23(22)27/h16-25,27H,5-15H2,1-4H3. The molecule has 1 heterocycles. The van der Waals surface area contributed by atoms with Crippen LogP contribution in [0.2, 0.25) is 0 Å². The van der Waals surface area contributed by atoms with Crippen molar-refractivity contribution < 1.29 is 5.11 Å². The molecule has 0 aromatic heterocycles. The van der Waals surface area contributed by atoms with Crippen molar-refractivity contribution in [1.82, 2.24) is 15.5 Å². The first-order chi connectivity index (χ1) is 12.9. The van der Waals surface area contributed by atoms with Crippen molar-refractivity contribution in [2.45, 2.75) is 122 Å². The van der Waals surface area contributed by atoms with Gasteiger partial charge in [-0.15, -0.1) is 0 Å². The normalized spacial score (nSPS) is 37.3. The molecule has 4 heteroatoms. The lowest BCUT2D eigenvalue weighted by Crippen LogP contribution is -2.42. The van der Waals surface area contributed by atoms with Gasteiger partial charge in [-0.25, -0.2) is 0 Å². The molecule has 0 aromatic rings. The highest BCUT2D eigenvalue weighted by Crippen LogP contribution is 2.31. The van der Waals surface area contributed by atoms with E-state index in [1.54, 1.807) is 0 Å². The summed E-state index contributed by atoms with van der Waals surface area (Å²) >= 11 is 0. The quantitative estimate of drug-likeness (QED) is 0.573. The van der Waals surface area contributed by atoms with Crippen molar-refractivity contribution in [3.8, 4) is 0 Å². The number of aliphatic hydroxyl groups is 1. The van der Waals surface area contributed by atoms with Crippen LogP contribution in [-0.2, 0) is 0 Å². The number of rotatable bonds is 9. The van der Waals surface area contributed by atoms with Crippen molar-refractivity contribution in [3.05, 3.63) is 0 Å². The fourth-order valence-corrected chi connectivity index (χ4v) is 6.00. The molecular weight excluding hydrogens is 334 g/mol. The molecule has 4 nitrogen and oxygen atoms in total. The summed E-state index contributed by atoms with van der Waals surface area (Å²) in [6.07, 6.45) is 11.2. The third kappa shape index (κ3) is 6.42. The van der Waals surface area contributed by atoms with Gasteiger partial charge >= 0.3 is 0 Å². The van der Waals surface area contributed by atoms with Crippen LogP contribution >= 0.6 is 0 Å². The van der Waals surface area contributed by atoms with Crippen molar-refractivity contribution in [1.29, 1.82) is 0 Å². The van der Waals surface area contributed by atoms with Gasteiger partial charge in [0.15, 0.2) is 0 Å². The lowest BCUT2D eigenvalue weighted by atomic mass is 9.97. The van der Waals surface area contributed by atoms with Crippen molar-refractivity contribution in [2.24, 2.45) is 11.8 Å². The van der Waals surface area contributed by atoms with Gasteiger partial charge in [0.05, 0.1) is 6.10 Å². The van der Waals surface area contributed by atoms with Crippen LogP contribution in [0.4, 0.5) is 0 Å². The average molecular weight is 380 g/mol. The van der Waals surface area contributed by atoms with Crippen LogP contribution in [0.1, 0.15) is 85.5 Å². The summed E-state index contributed by atoms with van der Waals surface area (Å²) in [7, 11) is 0. The summed E-state index contributed by atoms with van der Waals surface area (Å²) in [5.74, 6) is 1.73. The molecule has 0 aromatic carbocycles. The molecule has 0 radical (unpaired) electrons. The van der Waals surface area contributed by atoms with E-state index < -0.39 is 0 Å². The Morgan fingerprint density at radius 2 is 1.63 bits per heavy atom. The minimum absolute atomic E-state index is 0.117. The first-order valence-electron chi connectivity index (χ1n) is 11.8. The van der Waals surface area contributed by atoms with E-state index in [9.17, 15) is 5.11 Å². The molecule has 1 saturated heterocycles. The van der Waals surface area contributed by atoms with E-state index in [2.05, 4.69) is 43.2 Å². The first kappa shape index (κ1) is 21.5. The van der Waals surface area contributed by atoms with E-state index in [4.69, 9.17) is 0 Å². The molecule has 0 amide bonds.